The Kier molecular flexibility index (Phi) is 4.77. The number of hydrogen-bond acceptors (Lipinski definition) is 2. The molecule has 0 atom stereocenters. The standard InChI is InChI=1S/C13H15N3O/c1-10(2)7-8-15-13(17)16-12-5-3-11(9-14)4-6-12/h3-8,10H,1-2H3,(H2,15,16,17)/b8-7+. The highest BCUT2D eigenvalue weighted by atomic mass is 16.2. The lowest BCUT2D eigenvalue weighted by Crippen LogP contribution is -2.23. The number of urea groups is 1. The van der Waals surface area contributed by atoms with E-state index in [0.29, 0.717) is 17.2 Å². The predicted octanol–water partition coefficient (Wildman–Crippen LogP) is 2.85. The monoisotopic (exact) mass is 229 g/mol. The molecule has 1 rings (SSSR count). The summed E-state index contributed by atoms with van der Waals surface area (Å²) in [6, 6.07) is 8.39. The van der Waals surface area contributed by atoms with Crippen LogP contribution in [0.1, 0.15) is 19.4 Å². The van der Waals surface area contributed by atoms with Crippen LogP contribution in [0, 0.1) is 17.2 Å². The highest BCUT2D eigenvalue weighted by Crippen LogP contribution is 2.08. The number of rotatable bonds is 3. The summed E-state index contributed by atoms with van der Waals surface area (Å²) in [7, 11) is 0. The van der Waals surface area contributed by atoms with Crippen molar-refractivity contribution in [3.05, 3.63) is 42.1 Å². The minimum atomic E-state index is -0.299. The van der Waals surface area contributed by atoms with Crippen LogP contribution in [0.5, 0.6) is 0 Å². The molecule has 0 aliphatic carbocycles. The summed E-state index contributed by atoms with van der Waals surface area (Å²) in [5, 5.41) is 13.9. The van der Waals surface area contributed by atoms with Gasteiger partial charge in [-0.3, -0.25) is 0 Å². The van der Waals surface area contributed by atoms with Gasteiger partial charge >= 0.3 is 6.03 Å². The molecule has 0 aromatic heterocycles. The Morgan fingerprint density at radius 2 is 2.00 bits per heavy atom. The molecule has 0 unspecified atom stereocenters. The number of allylic oxidation sites excluding steroid dienone is 1. The fraction of sp³-hybridized carbons (Fsp3) is 0.231. The smallest absolute Gasteiger partial charge is 0.315 e. The van der Waals surface area contributed by atoms with Crippen molar-refractivity contribution in [2.24, 2.45) is 5.92 Å². The number of amides is 2. The van der Waals surface area contributed by atoms with Gasteiger partial charge in [0.1, 0.15) is 0 Å². The summed E-state index contributed by atoms with van der Waals surface area (Å²) in [6.07, 6.45) is 3.50. The average Bonchev–Trinajstić information content (AvgIpc) is 2.29. The van der Waals surface area contributed by atoms with Gasteiger partial charge in [0.15, 0.2) is 0 Å². The number of benzene rings is 1. The molecule has 0 heterocycles. The molecule has 0 aliphatic rings. The summed E-state index contributed by atoms with van der Waals surface area (Å²) < 4.78 is 0. The average molecular weight is 229 g/mol. The minimum absolute atomic E-state index is 0.299. The van der Waals surface area contributed by atoms with Crippen LogP contribution in [-0.2, 0) is 0 Å². The van der Waals surface area contributed by atoms with E-state index in [1.165, 1.54) is 0 Å². The quantitative estimate of drug-likeness (QED) is 0.837. The highest BCUT2D eigenvalue weighted by Gasteiger charge is 1.98. The third-order valence-corrected chi connectivity index (χ3v) is 1.97. The number of carbonyl (C=O) groups excluding carboxylic acids is 1. The molecule has 0 radical (unpaired) electrons. The zero-order valence-corrected chi connectivity index (χ0v) is 9.90. The molecule has 0 saturated heterocycles. The molecule has 0 saturated carbocycles. The number of nitrogens with one attached hydrogen (secondary N) is 2. The maximum Gasteiger partial charge on any atom is 0.323 e. The van der Waals surface area contributed by atoms with Crippen molar-refractivity contribution in [3.8, 4) is 6.07 Å². The highest BCUT2D eigenvalue weighted by molar-refractivity contribution is 5.89. The second kappa shape index (κ2) is 6.33. The molecule has 88 valence electrons. The van der Waals surface area contributed by atoms with Gasteiger partial charge in [-0.05, 0) is 30.2 Å². The molecular formula is C13H15N3O. The van der Waals surface area contributed by atoms with Gasteiger partial charge in [0.25, 0.3) is 0 Å². The molecular weight excluding hydrogens is 214 g/mol. The van der Waals surface area contributed by atoms with Gasteiger partial charge in [-0.15, -0.1) is 0 Å². The summed E-state index contributed by atoms with van der Waals surface area (Å²) >= 11 is 0. The van der Waals surface area contributed by atoms with Gasteiger partial charge in [-0.1, -0.05) is 19.9 Å². The summed E-state index contributed by atoms with van der Waals surface area (Å²) in [5.74, 6) is 0.394. The Labute approximate surface area is 101 Å². The normalized spacial score (nSPS) is 10.2. The number of nitrogens with zero attached hydrogens (tertiary/aromatic N) is 1. The van der Waals surface area contributed by atoms with Crippen LogP contribution < -0.4 is 10.6 Å². The van der Waals surface area contributed by atoms with Crippen molar-refractivity contribution < 1.29 is 4.79 Å². The molecule has 2 amide bonds. The fourth-order valence-corrected chi connectivity index (χ4v) is 1.11. The fourth-order valence-electron chi connectivity index (χ4n) is 1.11. The molecule has 0 aliphatic heterocycles. The first-order valence-electron chi connectivity index (χ1n) is 5.36. The van der Waals surface area contributed by atoms with Crippen molar-refractivity contribution in [2.45, 2.75) is 13.8 Å². The Bertz CT molecular complexity index is 441. The lowest BCUT2D eigenvalue weighted by atomic mass is 10.2. The van der Waals surface area contributed by atoms with Crippen LogP contribution in [-0.4, -0.2) is 6.03 Å². The van der Waals surface area contributed by atoms with Crippen molar-refractivity contribution in [2.75, 3.05) is 5.32 Å². The van der Waals surface area contributed by atoms with Crippen molar-refractivity contribution >= 4 is 11.7 Å². The molecule has 2 N–H and O–H groups in total. The first-order chi connectivity index (χ1) is 8.11. The Hall–Kier alpha value is -2.28. The van der Waals surface area contributed by atoms with Crippen LogP contribution in [0.4, 0.5) is 10.5 Å². The van der Waals surface area contributed by atoms with E-state index in [2.05, 4.69) is 10.6 Å². The molecule has 0 fully saturated rings. The first kappa shape index (κ1) is 12.8. The van der Waals surface area contributed by atoms with Crippen molar-refractivity contribution in [3.63, 3.8) is 0 Å². The maximum atomic E-state index is 11.4. The molecule has 17 heavy (non-hydrogen) atoms. The molecule has 1 aromatic rings. The third kappa shape index (κ3) is 4.85. The van der Waals surface area contributed by atoms with Gasteiger partial charge in [0.05, 0.1) is 11.6 Å². The van der Waals surface area contributed by atoms with Gasteiger partial charge in [-0.2, -0.15) is 5.26 Å². The SMILES string of the molecule is CC(C)/C=C/NC(=O)Nc1ccc(C#N)cc1. The molecule has 4 nitrogen and oxygen atoms in total. The van der Waals surface area contributed by atoms with E-state index >= 15 is 0 Å². The van der Waals surface area contributed by atoms with Gasteiger partial charge < -0.3 is 10.6 Å². The number of hydrogen-bond donors (Lipinski definition) is 2. The molecule has 4 heteroatoms. The zero-order valence-electron chi connectivity index (χ0n) is 9.90. The summed E-state index contributed by atoms with van der Waals surface area (Å²) in [4.78, 5) is 11.4. The lowest BCUT2D eigenvalue weighted by Gasteiger charge is -2.04. The van der Waals surface area contributed by atoms with Crippen molar-refractivity contribution in [1.82, 2.24) is 5.32 Å². The van der Waals surface area contributed by atoms with E-state index in [1.807, 2.05) is 26.0 Å². The molecule has 0 spiro atoms. The van der Waals surface area contributed by atoms with Crippen LogP contribution in [0.3, 0.4) is 0 Å². The van der Waals surface area contributed by atoms with Crippen molar-refractivity contribution in [1.29, 1.82) is 5.26 Å². The second-order valence-electron chi connectivity index (χ2n) is 3.89. The van der Waals surface area contributed by atoms with E-state index in [9.17, 15) is 4.79 Å². The zero-order chi connectivity index (χ0) is 12.7. The molecule has 1 aromatic carbocycles. The van der Waals surface area contributed by atoms with Gasteiger partial charge in [0.2, 0.25) is 0 Å². The van der Waals surface area contributed by atoms with E-state index in [4.69, 9.17) is 5.26 Å². The number of nitriles is 1. The largest absolute Gasteiger partial charge is 0.323 e. The van der Waals surface area contributed by atoms with E-state index in [0.717, 1.165) is 0 Å². The second-order valence-corrected chi connectivity index (χ2v) is 3.89. The van der Waals surface area contributed by atoms with E-state index in [-0.39, 0.29) is 6.03 Å². The maximum absolute atomic E-state index is 11.4. The van der Waals surface area contributed by atoms with E-state index in [1.54, 1.807) is 30.5 Å². The third-order valence-electron chi connectivity index (χ3n) is 1.97. The number of carbonyl (C=O) groups is 1. The Morgan fingerprint density at radius 3 is 2.53 bits per heavy atom. The van der Waals surface area contributed by atoms with Crippen LogP contribution in [0.2, 0.25) is 0 Å². The number of anilines is 1. The van der Waals surface area contributed by atoms with Crippen LogP contribution in [0.15, 0.2) is 36.5 Å². The Balaban J connectivity index is 2.48. The van der Waals surface area contributed by atoms with Gasteiger partial charge in [0, 0.05) is 11.9 Å². The summed E-state index contributed by atoms with van der Waals surface area (Å²) in [6.45, 7) is 4.05. The summed E-state index contributed by atoms with van der Waals surface area (Å²) in [5.41, 5.74) is 1.22. The van der Waals surface area contributed by atoms with Crippen LogP contribution in [0.25, 0.3) is 0 Å². The first-order valence-corrected chi connectivity index (χ1v) is 5.36. The topological polar surface area (TPSA) is 64.9 Å². The van der Waals surface area contributed by atoms with Crippen LogP contribution >= 0.6 is 0 Å². The Morgan fingerprint density at radius 1 is 1.35 bits per heavy atom. The van der Waals surface area contributed by atoms with E-state index < -0.39 is 0 Å². The minimum Gasteiger partial charge on any atom is -0.315 e. The molecule has 0 bridgehead atoms. The lowest BCUT2D eigenvalue weighted by molar-refractivity contribution is 0.255. The predicted molar refractivity (Wildman–Crippen MR) is 67.3 cm³/mol. The van der Waals surface area contributed by atoms with Gasteiger partial charge in [-0.25, -0.2) is 4.79 Å².